The molecule has 1 N–H and O–H groups in total. The highest BCUT2D eigenvalue weighted by molar-refractivity contribution is 7.91. The number of aromatic nitrogens is 2. The molecule has 1 aromatic heterocycles. The SMILES string of the molecule is CCOc1ccc(-c2nnc(NC(=O)CCS(=O)(=O)c3ccc(OC)cc3)o2)cc1OCC. The van der Waals surface area contributed by atoms with Crippen LogP contribution >= 0.6 is 0 Å². The lowest BCUT2D eigenvalue weighted by molar-refractivity contribution is -0.115. The molecule has 0 spiro atoms. The minimum atomic E-state index is -3.64. The van der Waals surface area contributed by atoms with Gasteiger partial charge in [0.15, 0.2) is 21.3 Å². The molecule has 33 heavy (non-hydrogen) atoms. The number of nitrogens with zero attached hydrogens (tertiary/aromatic N) is 2. The Balaban J connectivity index is 1.63. The highest BCUT2D eigenvalue weighted by Crippen LogP contribution is 2.32. The van der Waals surface area contributed by atoms with Gasteiger partial charge in [0.05, 0.1) is 31.0 Å². The molecule has 0 saturated heterocycles. The van der Waals surface area contributed by atoms with Crippen LogP contribution in [-0.2, 0) is 14.6 Å². The number of ether oxygens (including phenoxy) is 3. The van der Waals surface area contributed by atoms with Crippen LogP contribution in [0.25, 0.3) is 11.5 Å². The molecule has 2 aromatic carbocycles. The maximum atomic E-state index is 12.4. The molecule has 1 heterocycles. The van der Waals surface area contributed by atoms with E-state index in [2.05, 4.69) is 15.5 Å². The first kappa shape index (κ1) is 24.1. The third-order valence-electron chi connectivity index (χ3n) is 4.48. The average molecular weight is 476 g/mol. The fourth-order valence-corrected chi connectivity index (χ4v) is 4.12. The summed E-state index contributed by atoms with van der Waals surface area (Å²) in [6, 6.07) is 11.0. The molecule has 0 radical (unpaired) electrons. The van der Waals surface area contributed by atoms with E-state index in [0.717, 1.165) is 0 Å². The Kier molecular flexibility index (Phi) is 7.88. The minimum absolute atomic E-state index is 0.108. The molecular weight excluding hydrogens is 450 g/mol. The number of amides is 1. The van der Waals surface area contributed by atoms with Crippen molar-refractivity contribution in [3.05, 3.63) is 42.5 Å². The average Bonchev–Trinajstić information content (AvgIpc) is 3.27. The van der Waals surface area contributed by atoms with Gasteiger partial charge in [-0.05, 0) is 56.3 Å². The lowest BCUT2D eigenvalue weighted by Crippen LogP contribution is -2.17. The monoisotopic (exact) mass is 475 g/mol. The lowest BCUT2D eigenvalue weighted by Gasteiger charge is -2.11. The number of sulfone groups is 1. The second-order valence-corrected chi connectivity index (χ2v) is 8.84. The number of carbonyl (C=O) groups is 1. The maximum Gasteiger partial charge on any atom is 0.322 e. The fraction of sp³-hybridized carbons (Fsp3) is 0.318. The third kappa shape index (κ3) is 6.22. The molecule has 3 aromatic rings. The number of nitrogens with one attached hydrogen (secondary N) is 1. The zero-order valence-electron chi connectivity index (χ0n) is 18.5. The zero-order valence-corrected chi connectivity index (χ0v) is 19.3. The predicted molar refractivity (Wildman–Crippen MR) is 120 cm³/mol. The molecule has 0 aliphatic carbocycles. The summed E-state index contributed by atoms with van der Waals surface area (Å²) >= 11 is 0. The smallest absolute Gasteiger partial charge is 0.322 e. The van der Waals surface area contributed by atoms with Crippen molar-refractivity contribution in [3.63, 3.8) is 0 Å². The topological polar surface area (TPSA) is 130 Å². The summed E-state index contributed by atoms with van der Waals surface area (Å²) in [6.07, 6.45) is -0.274. The van der Waals surface area contributed by atoms with Crippen molar-refractivity contribution in [2.24, 2.45) is 0 Å². The van der Waals surface area contributed by atoms with Gasteiger partial charge in [-0.1, -0.05) is 5.10 Å². The largest absolute Gasteiger partial charge is 0.497 e. The molecule has 10 nitrogen and oxygen atoms in total. The molecule has 3 rings (SSSR count). The predicted octanol–water partition coefficient (Wildman–Crippen LogP) is 3.35. The van der Waals surface area contributed by atoms with Crippen molar-refractivity contribution in [2.75, 3.05) is 31.4 Å². The van der Waals surface area contributed by atoms with Gasteiger partial charge in [0.1, 0.15) is 5.75 Å². The van der Waals surface area contributed by atoms with Gasteiger partial charge in [-0.3, -0.25) is 10.1 Å². The fourth-order valence-electron chi connectivity index (χ4n) is 2.88. The van der Waals surface area contributed by atoms with Crippen molar-refractivity contribution in [1.29, 1.82) is 0 Å². The second kappa shape index (κ2) is 10.8. The Bertz CT molecular complexity index is 1190. The Morgan fingerprint density at radius 2 is 1.70 bits per heavy atom. The van der Waals surface area contributed by atoms with Crippen LogP contribution in [0, 0.1) is 0 Å². The zero-order chi connectivity index (χ0) is 23.8. The highest BCUT2D eigenvalue weighted by atomic mass is 32.2. The van der Waals surface area contributed by atoms with Crippen LogP contribution in [0.2, 0.25) is 0 Å². The van der Waals surface area contributed by atoms with Crippen molar-refractivity contribution >= 4 is 21.8 Å². The van der Waals surface area contributed by atoms with E-state index in [1.807, 2.05) is 13.8 Å². The maximum absolute atomic E-state index is 12.4. The van der Waals surface area contributed by atoms with Crippen molar-refractivity contribution in [1.82, 2.24) is 10.2 Å². The summed E-state index contributed by atoms with van der Waals surface area (Å²) in [6.45, 7) is 4.68. The quantitative estimate of drug-likeness (QED) is 0.444. The number of methoxy groups -OCH3 is 1. The highest BCUT2D eigenvalue weighted by Gasteiger charge is 2.19. The Labute approximate surface area is 191 Å². The van der Waals surface area contributed by atoms with Gasteiger partial charge in [-0.15, -0.1) is 5.10 Å². The van der Waals surface area contributed by atoms with Crippen LogP contribution in [0.15, 0.2) is 51.8 Å². The number of benzene rings is 2. The van der Waals surface area contributed by atoms with E-state index in [1.54, 1.807) is 30.3 Å². The van der Waals surface area contributed by atoms with Gasteiger partial charge >= 0.3 is 6.01 Å². The lowest BCUT2D eigenvalue weighted by atomic mass is 10.2. The van der Waals surface area contributed by atoms with E-state index in [1.165, 1.54) is 19.2 Å². The first-order valence-electron chi connectivity index (χ1n) is 10.3. The van der Waals surface area contributed by atoms with E-state index in [0.29, 0.717) is 36.0 Å². The van der Waals surface area contributed by atoms with Crippen molar-refractivity contribution in [3.8, 4) is 28.7 Å². The normalized spacial score (nSPS) is 11.1. The van der Waals surface area contributed by atoms with E-state index < -0.39 is 15.7 Å². The number of hydrogen-bond acceptors (Lipinski definition) is 9. The van der Waals surface area contributed by atoms with Gasteiger partial charge in [0.25, 0.3) is 0 Å². The first-order valence-corrected chi connectivity index (χ1v) is 11.9. The van der Waals surface area contributed by atoms with E-state index in [9.17, 15) is 13.2 Å². The Morgan fingerprint density at radius 3 is 2.36 bits per heavy atom. The standard InChI is InChI=1S/C22H25N3O7S/c1-4-30-18-11-6-15(14-19(18)31-5-2)21-24-25-22(32-21)23-20(26)12-13-33(27,28)17-9-7-16(29-3)8-10-17/h6-11,14H,4-5,12-13H2,1-3H3,(H,23,25,26). The van der Waals surface area contributed by atoms with Gasteiger partial charge in [-0.25, -0.2) is 8.42 Å². The van der Waals surface area contributed by atoms with Crippen LogP contribution in [-0.4, -0.2) is 50.6 Å². The van der Waals surface area contributed by atoms with Gasteiger partial charge in [0.2, 0.25) is 11.8 Å². The molecular formula is C22H25N3O7S. The Morgan fingerprint density at radius 1 is 1.00 bits per heavy atom. The number of carbonyl (C=O) groups excluding carboxylic acids is 1. The summed E-state index contributed by atoms with van der Waals surface area (Å²) in [5.74, 6) is 0.894. The third-order valence-corrected chi connectivity index (χ3v) is 6.21. The molecule has 0 atom stereocenters. The first-order chi connectivity index (χ1) is 15.9. The van der Waals surface area contributed by atoms with Crippen molar-refractivity contribution < 1.29 is 31.8 Å². The molecule has 0 saturated carbocycles. The summed E-state index contributed by atoms with van der Waals surface area (Å²) in [5, 5.41) is 10.2. The molecule has 0 bridgehead atoms. The summed E-state index contributed by atoms with van der Waals surface area (Å²) < 4.78 is 46.5. The number of rotatable bonds is 11. The van der Waals surface area contributed by atoms with Crippen LogP contribution in [0.4, 0.5) is 6.01 Å². The summed E-state index contributed by atoms with van der Waals surface area (Å²) in [4.78, 5) is 12.3. The van der Waals surface area contributed by atoms with E-state index in [4.69, 9.17) is 18.6 Å². The van der Waals surface area contributed by atoms with Crippen LogP contribution in [0.3, 0.4) is 0 Å². The van der Waals surface area contributed by atoms with Gasteiger partial charge in [0, 0.05) is 12.0 Å². The molecule has 1 amide bonds. The van der Waals surface area contributed by atoms with Crippen LogP contribution in [0.5, 0.6) is 17.2 Å². The van der Waals surface area contributed by atoms with Crippen molar-refractivity contribution in [2.45, 2.75) is 25.2 Å². The van der Waals surface area contributed by atoms with Gasteiger partial charge in [-0.2, -0.15) is 0 Å². The summed E-state index contributed by atoms with van der Waals surface area (Å²) in [7, 11) is -2.15. The molecule has 11 heteroatoms. The van der Waals surface area contributed by atoms with Gasteiger partial charge < -0.3 is 18.6 Å². The minimum Gasteiger partial charge on any atom is -0.497 e. The Hall–Kier alpha value is -3.60. The summed E-state index contributed by atoms with van der Waals surface area (Å²) in [5.41, 5.74) is 0.581. The molecule has 176 valence electrons. The van der Waals surface area contributed by atoms with Crippen LogP contribution < -0.4 is 19.5 Å². The second-order valence-electron chi connectivity index (χ2n) is 6.73. The van der Waals surface area contributed by atoms with Crippen LogP contribution in [0.1, 0.15) is 20.3 Å². The van der Waals surface area contributed by atoms with E-state index in [-0.39, 0.29) is 29.0 Å². The molecule has 0 aliphatic heterocycles. The van der Waals surface area contributed by atoms with E-state index >= 15 is 0 Å². The molecule has 0 aliphatic rings. The molecule has 0 fully saturated rings. The number of hydrogen-bond donors (Lipinski definition) is 1. The molecule has 0 unspecified atom stereocenters. The number of anilines is 1.